The molecule has 0 unspecified atom stereocenters. The normalized spacial score (nSPS) is 10.6. The maximum absolute atomic E-state index is 12.3. The number of hydrogen-bond acceptors (Lipinski definition) is 4. The van der Waals surface area contributed by atoms with E-state index in [1.165, 1.54) is 0 Å². The predicted octanol–water partition coefficient (Wildman–Crippen LogP) is 3.67. The van der Waals surface area contributed by atoms with E-state index in [0.29, 0.717) is 17.1 Å². The molecule has 0 N–H and O–H groups in total. The second kappa shape index (κ2) is 7.49. The van der Waals surface area contributed by atoms with Gasteiger partial charge in [0.2, 0.25) is 0 Å². The molecule has 0 atom stereocenters. The average Bonchev–Trinajstić information content (AvgIpc) is 2.59. The zero-order valence-corrected chi connectivity index (χ0v) is 13.9. The molecule has 0 aliphatic carbocycles. The summed E-state index contributed by atoms with van der Waals surface area (Å²) >= 11 is 0. The van der Waals surface area contributed by atoms with E-state index in [9.17, 15) is 4.79 Å². The molecule has 2 aromatic rings. The van der Waals surface area contributed by atoms with Gasteiger partial charge in [0.1, 0.15) is 0 Å². The second-order valence-corrected chi connectivity index (χ2v) is 5.22. The van der Waals surface area contributed by atoms with E-state index in [1.54, 1.807) is 26.4 Å². The van der Waals surface area contributed by atoms with E-state index in [0.717, 1.165) is 11.3 Å². The van der Waals surface area contributed by atoms with Crippen LogP contribution in [0.5, 0.6) is 11.5 Å². The molecule has 0 aliphatic heterocycles. The number of rotatable bonds is 6. The van der Waals surface area contributed by atoms with Gasteiger partial charge in [-0.3, -0.25) is 4.79 Å². The lowest BCUT2D eigenvalue weighted by Gasteiger charge is -2.12. The number of carbonyl (C=O) groups is 1. The fourth-order valence-corrected chi connectivity index (χ4v) is 2.23. The molecule has 0 heterocycles. The molecular formula is C19H21NO3. The third-order valence-electron chi connectivity index (χ3n) is 3.52. The summed E-state index contributed by atoms with van der Waals surface area (Å²) in [6, 6.07) is 13.0. The molecule has 2 aromatic carbocycles. The molecule has 2 rings (SSSR count). The van der Waals surface area contributed by atoms with Crippen LogP contribution in [0, 0.1) is 0 Å². The minimum absolute atomic E-state index is 0.0554. The van der Waals surface area contributed by atoms with Crippen LogP contribution in [0.25, 0.3) is 6.08 Å². The van der Waals surface area contributed by atoms with Crippen LogP contribution in [0.15, 0.2) is 48.5 Å². The number of benzene rings is 2. The van der Waals surface area contributed by atoms with Crippen molar-refractivity contribution in [1.29, 1.82) is 0 Å². The van der Waals surface area contributed by atoms with Crippen LogP contribution in [0.1, 0.15) is 15.9 Å². The molecule has 0 saturated heterocycles. The predicted molar refractivity (Wildman–Crippen MR) is 93.7 cm³/mol. The van der Waals surface area contributed by atoms with Crippen LogP contribution in [0.4, 0.5) is 5.69 Å². The first-order valence-corrected chi connectivity index (χ1v) is 7.27. The molecule has 0 aromatic heterocycles. The largest absolute Gasteiger partial charge is 0.493 e. The van der Waals surface area contributed by atoms with Gasteiger partial charge in [-0.25, -0.2) is 0 Å². The summed E-state index contributed by atoms with van der Waals surface area (Å²) in [5.74, 6) is 1.19. The number of nitrogens with zero attached hydrogens (tertiary/aromatic N) is 1. The second-order valence-electron chi connectivity index (χ2n) is 5.22. The van der Waals surface area contributed by atoms with Crippen LogP contribution in [-0.4, -0.2) is 34.1 Å². The molecule has 4 heteroatoms. The van der Waals surface area contributed by atoms with E-state index in [1.807, 2.05) is 61.5 Å². The van der Waals surface area contributed by atoms with E-state index < -0.39 is 0 Å². The lowest BCUT2D eigenvalue weighted by molar-refractivity contribution is 0.104. The van der Waals surface area contributed by atoms with Gasteiger partial charge in [-0.15, -0.1) is 0 Å². The highest BCUT2D eigenvalue weighted by Crippen LogP contribution is 2.31. The summed E-state index contributed by atoms with van der Waals surface area (Å²) in [5.41, 5.74) is 2.50. The number of carbonyl (C=O) groups excluding carboxylic acids is 1. The summed E-state index contributed by atoms with van der Waals surface area (Å²) in [6.07, 6.45) is 3.28. The fraction of sp³-hybridized carbons (Fsp3) is 0.211. The Labute approximate surface area is 137 Å². The maximum Gasteiger partial charge on any atom is 0.185 e. The number of anilines is 1. The molecule has 4 nitrogen and oxygen atoms in total. The first-order valence-electron chi connectivity index (χ1n) is 7.27. The van der Waals surface area contributed by atoms with Gasteiger partial charge in [-0.05, 0) is 42.5 Å². The van der Waals surface area contributed by atoms with Crippen LogP contribution in [0.2, 0.25) is 0 Å². The zero-order valence-electron chi connectivity index (χ0n) is 13.9. The number of hydrogen-bond donors (Lipinski definition) is 0. The van der Waals surface area contributed by atoms with Gasteiger partial charge in [0, 0.05) is 30.9 Å². The monoisotopic (exact) mass is 311 g/mol. The summed E-state index contributed by atoms with van der Waals surface area (Å²) in [5, 5.41) is 0. The van der Waals surface area contributed by atoms with Crippen molar-refractivity contribution in [3.63, 3.8) is 0 Å². The molecular weight excluding hydrogens is 290 g/mol. The van der Waals surface area contributed by atoms with Gasteiger partial charge in [0.15, 0.2) is 17.3 Å². The van der Waals surface area contributed by atoms with E-state index in [4.69, 9.17) is 9.47 Å². The lowest BCUT2D eigenvalue weighted by Crippen LogP contribution is -2.08. The standard InChI is InChI=1S/C19H21NO3/c1-20(2)16-11-8-14(9-12-16)17(21)13-10-15-6-5-7-18(22-3)19(15)23-4/h5-13H,1-4H3/b13-10+. The van der Waals surface area contributed by atoms with Crippen LogP contribution in [-0.2, 0) is 0 Å². The third-order valence-corrected chi connectivity index (χ3v) is 3.52. The van der Waals surface area contributed by atoms with Crippen molar-refractivity contribution in [1.82, 2.24) is 0 Å². The van der Waals surface area contributed by atoms with Gasteiger partial charge >= 0.3 is 0 Å². The molecule has 0 saturated carbocycles. The van der Waals surface area contributed by atoms with Crippen molar-refractivity contribution < 1.29 is 14.3 Å². The molecule has 0 aliphatic rings. The third kappa shape index (κ3) is 3.92. The van der Waals surface area contributed by atoms with E-state index in [-0.39, 0.29) is 5.78 Å². The minimum Gasteiger partial charge on any atom is -0.493 e. The topological polar surface area (TPSA) is 38.8 Å². The number of para-hydroxylation sites is 1. The Morgan fingerprint density at radius 1 is 1.00 bits per heavy atom. The summed E-state index contributed by atoms with van der Waals surface area (Å²) in [7, 11) is 7.09. The minimum atomic E-state index is -0.0554. The Morgan fingerprint density at radius 2 is 1.70 bits per heavy atom. The number of allylic oxidation sites excluding steroid dienone is 1. The quantitative estimate of drug-likeness (QED) is 0.603. The lowest BCUT2D eigenvalue weighted by atomic mass is 10.1. The van der Waals surface area contributed by atoms with Gasteiger partial charge in [-0.2, -0.15) is 0 Å². The Bertz CT molecular complexity index is 703. The molecule has 0 radical (unpaired) electrons. The number of methoxy groups -OCH3 is 2. The van der Waals surface area contributed by atoms with Gasteiger partial charge in [-0.1, -0.05) is 12.1 Å². The maximum atomic E-state index is 12.3. The van der Waals surface area contributed by atoms with Crippen molar-refractivity contribution in [2.75, 3.05) is 33.2 Å². The summed E-state index contributed by atoms with van der Waals surface area (Å²) in [6.45, 7) is 0. The summed E-state index contributed by atoms with van der Waals surface area (Å²) < 4.78 is 10.6. The van der Waals surface area contributed by atoms with Crippen molar-refractivity contribution in [2.24, 2.45) is 0 Å². The Balaban J connectivity index is 2.21. The zero-order chi connectivity index (χ0) is 16.8. The van der Waals surface area contributed by atoms with Crippen LogP contribution < -0.4 is 14.4 Å². The Kier molecular flexibility index (Phi) is 5.41. The highest BCUT2D eigenvalue weighted by atomic mass is 16.5. The Morgan fingerprint density at radius 3 is 2.26 bits per heavy atom. The molecule has 23 heavy (non-hydrogen) atoms. The van der Waals surface area contributed by atoms with Gasteiger partial charge in [0.05, 0.1) is 14.2 Å². The number of ether oxygens (including phenoxy) is 2. The Hall–Kier alpha value is -2.75. The fourth-order valence-electron chi connectivity index (χ4n) is 2.23. The van der Waals surface area contributed by atoms with Gasteiger partial charge < -0.3 is 14.4 Å². The average molecular weight is 311 g/mol. The van der Waals surface area contributed by atoms with Crippen molar-refractivity contribution in [2.45, 2.75) is 0 Å². The molecule has 0 fully saturated rings. The highest BCUT2D eigenvalue weighted by Gasteiger charge is 2.08. The van der Waals surface area contributed by atoms with Crippen LogP contribution in [0.3, 0.4) is 0 Å². The van der Waals surface area contributed by atoms with Crippen molar-refractivity contribution >= 4 is 17.5 Å². The van der Waals surface area contributed by atoms with Gasteiger partial charge in [0.25, 0.3) is 0 Å². The van der Waals surface area contributed by atoms with Crippen molar-refractivity contribution in [3.8, 4) is 11.5 Å². The number of ketones is 1. The highest BCUT2D eigenvalue weighted by molar-refractivity contribution is 6.07. The van der Waals surface area contributed by atoms with Crippen molar-refractivity contribution in [3.05, 3.63) is 59.7 Å². The van der Waals surface area contributed by atoms with Crippen LogP contribution >= 0.6 is 0 Å². The first-order chi connectivity index (χ1) is 11.1. The molecule has 0 spiro atoms. The SMILES string of the molecule is COc1cccc(/C=C/C(=O)c2ccc(N(C)C)cc2)c1OC. The van der Waals surface area contributed by atoms with E-state index >= 15 is 0 Å². The smallest absolute Gasteiger partial charge is 0.185 e. The first kappa shape index (κ1) is 16.6. The molecule has 0 bridgehead atoms. The van der Waals surface area contributed by atoms with E-state index in [2.05, 4.69) is 0 Å². The molecule has 120 valence electrons. The summed E-state index contributed by atoms with van der Waals surface area (Å²) in [4.78, 5) is 14.3. The molecule has 0 amide bonds.